The number of halogens is 1. The zero-order chi connectivity index (χ0) is 15.5. The lowest BCUT2D eigenvalue weighted by Gasteiger charge is -2.31. The van der Waals surface area contributed by atoms with Crippen LogP contribution < -0.4 is 4.74 Å². The van der Waals surface area contributed by atoms with Gasteiger partial charge >= 0.3 is 0 Å². The summed E-state index contributed by atoms with van der Waals surface area (Å²) in [7, 11) is 0. The first-order chi connectivity index (χ1) is 10.6. The molecule has 116 valence electrons. The SMILES string of the molecule is Cc1ocnc1C(=O)N1CCC(Oc2cccc(Br)c2)CC1. The Balaban J connectivity index is 1.56. The molecule has 1 aliphatic heterocycles. The van der Waals surface area contributed by atoms with Gasteiger partial charge in [0.05, 0.1) is 0 Å². The van der Waals surface area contributed by atoms with Crippen molar-refractivity contribution in [2.24, 2.45) is 0 Å². The van der Waals surface area contributed by atoms with Crippen molar-refractivity contribution < 1.29 is 13.9 Å². The molecule has 1 saturated heterocycles. The average Bonchev–Trinajstić information content (AvgIpc) is 2.93. The maximum absolute atomic E-state index is 12.3. The van der Waals surface area contributed by atoms with E-state index in [9.17, 15) is 4.79 Å². The van der Waals surface area contributed by atoms with E-state index in [0.29, 0.717) is 24.5 Å². The number of nitrogens with zero attached hydrogens (tertiary/aromatic N) is 2. The summed E-state index contributed by atoms with van der Waals surface area (Å²) in [6, 6.07) is 7.82. The minimum absolute atomic E-state index is 0.0628. The molecule has 6 heteroatoms. The van der Waals surface area contributed by atoms with Crippen LogP contribution >= 0.6 is 15.9 Å². The number of rotatable bonds is 3. The number of likely N-dealkylation sites (tertiary alicyclic amines) is 1. The van der Waals surface area contributed by atoms with Crippen LogP contribution in [0, 0.1) is 6.92 Å². The topological polar surface area (TPSA) is 55.6 Å². The van der Waals surface area contributed by atoms with Gasteiger partial charge in [0.25, 0.3) is 5.91 Å². The molecule has 2 heterocycles. The fourth-order valence-electron chi connectivity index (χ4n) is 2.57. The molecule has 3 rings (SSSR count). The van der Waals surface area contributed by atoms with Crippen molar-refractivity contribution in [3.05, 3.63) is 46.6 Å². The van der Waals surface area contributed by atoms with Crippen LogP contribution in [0.4, 0.5) is 0 Å². The number of carbonyl (C=O) groups excluding carboxylic acids is 1. The summed E-state index contributed by atoms with van der Waals surface area (Å²) in [6.45, 7) is 3.09. The van der Waals surface area contributed by atoms with Crippen LogP contribution in [0.15, 0.2) is 39.5 Å². The third-order valence-electron chi connectivity index (χ3n) is 3.78. The van der Waals surface area contributed by atoms with Gasteiger partial charge in [-0.15, -0.1) is 0 Å². The number of piperidine rings is 1. The molecule has 0 N–H and O–H groups in total. The van der Waals surface area contributed by atoms with Crippen LogP contribution in [-0.2, 0) is 0 Å². The molecule has 0 atom stereocenters. The van der Waals surface area contributed by atoms with E-state index in [1.54, 1.807) is 6.92 Å². The number of benzene rings is 1. The summed E-state index contributed by atoms with van der Waals surface area (Å²) < 4.78 is 12.1. The van der Waals surface area contributed by atoms with Gasteiger partial charge in [-0.1, -0.05) is 22.0 Å². The molecule has 0 aliphatic carbocycles. The van der Waals surface area contributed by atoms with Gasteiger partial charge in [-0.25, -0.2) is 4.98 Å². The first-order valence-corrected chi connectivity index (χ1v) is 8.04. The van der Waals surface area contributed by atoms with Crippen molar-refractivity contribution in [2.45, 2.75) is 25.9 Å². The standard InChI is InChI=1S/C16H17BrN2O3/c1-11-15(18-10-21-11)16(20)19-7-5-13(6-8-19)22-14-4-2-3-12(17)9-14/h2-4,9-10,13H,5-8H2,1H3. The summed E-state index contributed by atoms with van der Waals surface area (Å²) in [5.74, 6) is 1.36. The largest absolute Gasteiger partial charge is 0.490 e. The third-order valence-corrected chi connectivity index (χ3v) is 4.27. The van der Waals surface area contributed by atoms with E-state index in [-0.39, 0.29) is 12.0 Å². The zero-order valence-electron chi connectivity index (χ0n) is 12.3. The second kappa shape index (κ2) is 6.52. The molecule has 0 bridgehead atoms. The number of carbonyl (C=O) groups is 1. The fourth-order valence-corrected chi connectivity index (χ4v) is 2.95. The minimum atomic E-state index is -0.0628. The molecule has 22 heavy (non-hydrogen) atoms. The molecule has 0 radical (unpaired) electrons. The molecule has 1 aromatic carbocycles. The second-order valence-corrected chi connectivity index (χ2v) is 6.24. The van der Waals surface area contributed by atoms with Crippen molar-refractivity contribution in [3.8, 4) is 5.75 Å². The highest BCUT2D eigenvalue weighted by atomic mass is 79.9. The Kier molecular flexibility index (Phi) is 4.47. The first kappa shape index (κ1) is 15.1. The van der Waals surface area contributed by atoms with Crippen molar-refractivity contribution in [1.29, 1.82) is 0 Å². The Morgan fingerprint density at radius 2 is 2.18 bits per heavy atom. The van der Waals surface area contributed by atoms with Gasteiger partial charge in [-0.05, 0) is 25.1 Å². The van der Waals surface area contributed by atoms with E-state index in [0.717, 1.165) is 23.1 Å². The van der Waals surface area contributed by atoms with E-state index in [1.807, 2.05) is 29.2 Å². The highest BCUT2D eigenvalue weighted by Crippen LogP contribution is 2.23. The number of hydrogen-bond donors (Lipinski definition) is 0. The van der Waals surface area contributed by atoms with E-state index in [1.165, 1.54) is 6.39 Å². The van der Waals surface area contributed by atoms with Crippen LogP contribution in [0.5, 0.6) is 5.75 Å². The average molecular weight is 365 g/mol. The van der Waals surface area contributed by atoms with E-state index < -0.39 is 0 Å². The molecule has 1 fully saturated rings. The highest BCUT2D eigenvalue weighted by molar-refractivity contribution is 9.10. The molecule has 5 nitrogen and oxygen atoms in total. The lowest BCUT2D eigenvalue weighted by atomic mass is 10.1. The van der Waals surface area contributed by atoms with E-state index in [2.05, 4.69) is 20.9 Å². The quantitative estimate of drug-likeness (QED) is 0.836. The van der Waals surface area contributed by atoms with Gasteiger partial charge in [-0.3, -0.25) is 4.79 Å². The van der Waals surface area contributed by atoms with Crippen LogP contribution in [0.3, 0.4) is 0 Å². The summed E-state index contributed by atoms with van der Waals surface area (Å²) in [4.78, 5) is 18.2. The summed E-state index contributed by atoms with van der Waals surface area (Å²) in [5, 5.41) is 0. The second-order valence-electron chi connectivity index (χ2n) is 5.32. The first-order valence-electron chi connectivity index (χ1n) is 7.25. The monoisotopic (exact) mass is 364 g/mol. The Hall–Kier alpha value is -1.82. The van der Waals surface area contributed by atoms with Crippen LogP contribution in [-0.4, -0.2) is 35.0 Å². The van der Waals surface area contributed by atoms with Crippen molar-refractivity contribution in [3.63, 3.8) is 0 Å². The van der Waals surface area contributed by atoms with Crippen molar-refractivity contribution in [1.82, 2.24) is 9.88 Å². The van der Waals surface area contributed by atoms with Crippen LogP contribution in [0.1, 0.15) is 29.1 Å². The Bertz CT molecular complexity index is 663. The molecule has 1 amide bonds. The number of aryl methyl sites for hydroxylation is 1. The predicted octanol–water partition coefficient (Wildman–Crippen LogP) is 3.43. The summed E-state index contributed by atoms with van der Waals surface area (Å²) >= 11 is 3.44. The Morgan fingerprint density at radius 1 is 1.41 bits per heavy atom. The molecule has 0 spiro atoms. The Morgan fingerprint density at radius 3 is 2.82 bits per heavy atom. The lowest BCUT2D eigenvalue weighted by Crippen LogP contribution is -2.42. The highest BCUT2D eigenvalue weighted by Gasteiger charge is 2.27. The van der Waals surface area contributed by atoms with Gasteiger partial charge in [0, 0.05) is 30.4 Å². The normalized spacial score (nSPS) is 15.8. The number of aromatic nitrogens is 1. The van der Waals surface area contributed by atoms with Crippen molar-refractivity contribution >= 4 is 21.8 Å². The molecule has 0 unspecified atom stereocenters. The van der Waals surface area contributed by atoms with Crippen molar-refractivity contribution in [2.75, 3.05) is 13.1 Å². The number of amides is 1. The van der Waals surface area contributed by atoms with Gasteiger partial charge in [-0.2, -0.15) is 0 Å². The van der Waals surface area contributed by atoms with E-state index in [4.69, 9.17) is 9.15 Å². The number of ether oxygens (including phenoxy) is 1. The summed E-state index contributed by atoms with van der Waals surface area (Å²) in [5.41, 5.74) is 0.409. The molecule has 0 saturated carbocycles. The van der Waals surface area contributed by atoms with Gasteiger partial charge in [0.1, 0.15) is 17.6 Å². The van der Waals surface area contributed by atoms with Crippen LogP contribution in [0.25, 0.3) is 0 Å². The molecule has 1 aliphatic rings. The predicted molar refractivity (Wildman–Crippen MR) is 84.9 cm³/mol. The number of oxazole rings is 1. The van der Waals surface area contributed by atoms with Gasteiger partial charge < -0.3 is 14.1 Å². The molecule has 1 aromatic heterocycles. The number of hydrogen-bond acceptors (Lipinski definition) is 4. The third kappa shape index (κ3) is 3.32. The summed E-state index contributed by atoms with van der Waals surface area (Å²) in [6.07, 6.45) is 3.08. The Labute approximate surface area is 137 Å². The van der Waals surface area contributed by atoms with Crippen LogP contribution in [0.2, 0.25) is 0 Å². The zero-order valence-corrected chi connectivity index (χ0v) is 13.9. The maximum atomic E-state index is 12.3. The lowest BCUT2D eigenvalue weighted by molar-refractivity contribution is 0.0589. The molecule has 2 aromatic rings. The van der Waals surface area contributed by atoms with E-state index >= 15 is 0 Å². The smallest absolute Gasteiger partial charge is 0.276 e. The minimum Gasteiger partial charge on any atom is -0.490 e. The maximum Gasteiger partial charge on any atom is 0.276 e. The molecular weight excluding hydrogens is 348 g/mol. The molecular formula is C16H17BrN2O3. The van der Waals surface area contributed by atoms with Gasteiger partial charge in [0.15, 0.2) is 12.1 Å². The fraction of sp³-hybridized carbons (Fsp3) is 0.375. The van der Waals surface area contributed by atoms with Gasteiger partial charge in [0.2, 0.25) is 0 Å².